The Morgan fingerprint density at radius 2 is 2.11 bits per heavy atom. The lowest BCUT2D eigenvalue weighted by Gasteiger charge is -2.24. The lowest BCUT2D eigenvalue weighted by atomic mass is 10.2. The second-order valence-electron chi connectivity index (χ2n) is 5.01. The maximum atomic E-state index is 12.0. The predicted octanol–water partition coefficient (Wildman–Crippen LogP) is 0.812. The third-order valence-corrected chi connectivity index (χ3v) is 3.84. The Morgan fingerprint density at radius 3 is 2.72 bits per heavy atom. The lowest BCUT2D eigenvalue weighted by Crippen LogP contribution is -2.48. The van der Waals surface area contributed by atoms with E-state index in [0.717, 1.165) is 25.7 Å². The molecular weight excluding hydrogens is 236 g/mol. The molecule has 0 bridgehead atoms. The quantitative estimate of drug-likeness (QED) is 0.783. The fourth-order valence-corrected chi connectivity index (χ4v) is 2.81. The number of carbonyl (C=O) groups excluding carboxylic acids is 1. The van der Waals surface area contributed by atoms with Crippen LogP contribution in [0.1, 0.15) is 32.1 Å². The zero-order valence-corrected chi connectivity index (χ0v) is 10.6. The van der Waals surface area contributed by atoms with Gasteiger partial charge in [0.05, 0.1) is 6.10 Å². The number of likely N-dealkylation sites (tertiary alicyclic amines) is 1. The van der Waals surface area contributed by atoms with Crippen molar-refractivity contribution in [2.24, 2.45) is 0 Å². The van der Waals surface area contributed by atoms with Gasteiger partial charge in [0.15, 0.2) is 0 Å². The van der Waals surface area contributed by atoms with Crippen LogP contribution in [0.15, 0.2) is 0 Å². The molecule has 0 aromatic heterocycles. The maximum absolute atomic E-state index is 12.0. The standard InChI is InChI=1S/C12H20N2O4/c1-18-9-5-4-8(7-9)13-12(17)14-6-2-3-10(14)11(15)16/h8-10H,2-7H2,1H3,(H,13,17)(H,15,16). The topological polar surface area (TPSA) is 78.9 Å². The Morgan fingerprint density at radius 1 is 1.33 bits per heavy atom. The molecule has 0 radical (unpaired) electrons. The first kappa shape index (κ1) is 13.1. The van der Waals surface area contributed by atoms with E-state index in [1.165, 1.54) is 4.90 Å². The molecule has 2 amide bonds. The molecule has 2 N–H and O–H groups in total. The first-order valence-electron chi connectivity index (χ1n) is 6.44. The molecule has 1 heterocycles. The lowest BCUT2D eigenvalue weighted by molar-refractivity contribution is -0.141. The van der Waals surface area contributed by atoms with Crippen molar-refractivity contribution in [3.8, 4) is 0 Å². The monoisotopic (exact) mass is 256 g/mol. The number of amides is 2. The number of urea groups is 1. The van der Waals surface area contributed by atoms with Crippen LogP contribution in [0.3, 0.4) is 0 Å². The third kappa shape index (κ3) is 2.75. The van der Waals surface area contributed by atoms with Crippen molar-refractivity contribution >= 4 is 12.0 Å². The van der Waals surface area contributed by atoms with Crippen LogP contribution in [0.4, 0.5) is 4.79 Å². The van der Waals surface area contributed by atoms with Gasteiger partial charge in [-0.15, -0.1) is 0 Å². The molecule has 1 aliphatic carbocycles. The van der Waals surface area contributed by atoms with E-state index in [1.807, 2.05) is 0 Å². The molecule has 3 unspecified atom stereocenters. The van der Waals surface area contributed by atoms with Crippen molar-refractivity contribution in [1.82, 2.24) is 10.2 Å². The summed E-state index contributed by atoms with van der Waals surface area (Å²) >= 11 is 0. The van der Waals surface area contributed by atoms with Gasteiger partial charge in [-0.25, -0.2) is 9.59 Å². The minimum atomic E-state index is -0.913. The molecule has 2 aliphatic rings. The number of methoxy groups -OCH3 is 1. The van der Waals surface area contributed by atoms with Crippen LogP contribution in [0, 0.1) is 0 Å². The van der Waals surface area contributed by atoms with Gasteiger partial charge in [-0.2, -0.15) is 0 Å². The molecule has 1 aliphatic heterocycles. The molecular formula is C12H20N2O4. The Hall–Kier alpha value is -1.30. The number of carboxylic acids is 1. The molecule has 1 saturated heterocycles. The highest BCUT2D eigenvalue weighted by Gasteiger charge is 2.35. The van der Waals surface area contributed by atoms with Gasteiger partial charge in [0.2, 0.25) is 0 Å². The molecule has 3 atom stereocenters. The Balaban J connectivity index is 1.86. The van der Waals surface area contributed by atoms with E-state index >= 15 is 0 Å². The summed E-state index contributed by atoms with van der Waals surface area (Å²) in [4.78, 5) is 24.5. The van der Waals surface area contributed by atoms with Crippen molar-refractivity contribution in [1.29, 1.82) is 0 Å². The first-order valence-corrected chi connectivity index (χ1v) is 6.44. The van der Waals surface area contributed by atoms with E-state index in [4.69, 9.17) is 9.84 Å². The highest BCUT2D eigenvalue weighted by molar-refractivity contribution is 5.83. The van der Waals surface area contributed by atoms with E-state index in [-0.39, 0.29) is 18.2 Å². The van der Waals surface area contributed by atoms with E-state index in [0.29, 0.717) is 13.0 Å². The molecule has 0 spiro atoms. The van der Waals surface area contributed by atoms with Gasteiger partial charge in [0, 0.05) is 19.7 Å². The van der Waals surface area contributed by atoms with Gasteiger partial charge in [0.1, 0.15) is 6.04 Å². The van der Waals surface area contributed by atoms with Gasteiger partial charge >= 0.3 is 12.0 Å². The van der Waals surface area contributed by atoms with Gasteiger partial charge in [-0.1, -0.05) is 0 Å². The Bertz CT molecular complexity index is 334. The first-order chi connectivity index (χ1) is 8.61. The van der Waals surface area contributed by atoms with E-state index in [9.17, 15) is 9.59 Å². The highest BCUT2D eigenvalue weighted by Crippen LogP contribution is 2.23. The van der Waals surface area contributed by atoms with Crippen molar-refractivity contribution in [3.63, 3.8) is 0 Å². The molecule has 6 heteroatoms. The summed E-state index contributed by atoms with van der Waals surface area (Å²) in [7, 11) is 1.68. The summed E-state index contributed by atoms with van der Waals surface area (Å²) in [5, 5.41) is 11.9. The van der Waals surface area contributed by atoms with Crippen LogP contribution in [0.2, 0.25) is 0 Å². The fraction of sp³-hybridized carbons (Fsp3) is 0.833. The average Bonchev–Trinajstić information content (AvgIpc) is 2.96. The van der Waals surface area contributed by atoms with E-state index in [2.05, 4.69) is 5.32 Å². The summed E-state index contributed by atoms with van der Waals surface area (Å²) in [5.41, 5.74) is 0. The number of ether oxygens (including phenoxy) is 1. The van der Waals surface area contributed by atoms with E-state index in [1.54, 1.807) is 7.11 Å². The third-order valence-electron chi connectivity index (χ3n) is 3.84. The average molecular weight is 256 g/mol. The minimum absolute atomic E-state index is 0.109. The number of hydrogen-bond donors (Lipinski definition) is 2. The number of nitrogens with one attached hydrogen (secondary N) is 1. The second kappa shape index (κ2) is 5.56. The molecule has 6 nitrogen and oxygen atoms in total. The molecule has 2 rings (SSSR count). The van der Waals surface area contributed by atoms with Crippen molar-refractivity contribution in [3.05, 3.63) is 0 Å². The van der Waals surface area contributed by atoms with Crippen molar-refractivity contribution in [2.75, 3.05) is 13.7 Å². The van der Waals surface area contributed by atoms with Crippen LogP contribution in [-0.4, -0.2) is 53.8 Å². The maximum Gasteiger partial charge on any atom is 0.326 e. The van der Waals surface area contributed by atoms with Crippen LogP contribution in [0.25, 0.3) is 0 Å². The normalized spacial score (nSPS) is 31.6. The number of hydrogen-bond acceptors (Lipinski definition) is 3. The van der Waals surface area contributed by atoms with Crippen LogP contribution < -0.4 is 5.32 Å². The van der Waals surface area contributed by atoms with E-state index < -0.39 is 12.0 Å². The zero-order valence-electron chi connectivity index (χ0n) is 10.6. The van der Waals surface area contributed by atoms with Gasteiger partial charge in [-0.05, 0) is 32.1 Å². The van der Waals surface area contributed by atoms with Crippen LogP contribution >= 0.6 is 0 Å². The number of carbonyl (C=O) groups is 2. The smallest absolute Gasteiger partial charge is 0.326 e. The van der Waals surface area contributed by atoms with Crippen LogP contribution in [0.5, 0.6) is 0 Å². The highest BCUT2D eigenvalue weighted by atomic mass is 16.5. The fourth-order valence-electron chi connectivity index (χ4n) is 2.81. The Kier molecular flexibility index (Phi) is 4.06. The van der Waals surface area contributed by atoms with Gasteiger partial charge in [-0.3, -0.25) is 0 Å². The molecule has 1 saturated carbocycles. The largest absolute Gasteiger partial charge is 0.480 e. The molecule has 0 aromatic carbocycles. The number of carboxylic acid groups (broad SMARTS) is 1. The van der Waals surface area contributed by atoms with Crippen LogP contribution in [-0.2, 0) is 9.53 Å². The summed E-state index contributed by atoms with van der Waals surface area (Å²) < 4.78 is 5.25. The minimum Gasteiger partial charge on any atom is -0.480 e. The molecule has 102 valence electrons. The number of aliphatic carboxylic acids is 1. The second-order valence-corrected chi connectivity index (χ2v) is 5.01. The van der Waals surface area contributed by atoms with Gasteiger partial charge in [0.25, 0.3) is 0 Å². The Labute approximate surface area is 106 Å². The molecule has 18 heavy (non-hydrogen) atoms. The summed E-state index contributed by atoms with van der Waals surface area (Å²) in [6.07, 6.45) is 4.18. The number of rotatable bonds is 3. The summed E-state index contributed by atoms with van der Waals surface area (Å²) in [6, 6.07) is -0.802. The zero-order chi connectivity index (χ0) is 13.1. The summed E-state index contributed by atoms with van der Waals surface area (Å²) in [5.74, 6) is -0.913. The molecule has 0 aromatic rings. The predicted molar refractivity (Wildman–Crippen MR) is 64.3 cm³/mol. The summed E-state index contributed by atoms with van der Waals surface area (Å²) in [6.45, 7) is 0.531. The van der Waals surface area contributed by atoms with Crippen molar-refractivity contribution < 1.29 is 19.4 Å². The van der Waals surface area contributed by atoms with Gasteiger partial charge < -0.3 is 20.1 Å². The SMILES string of the molecule is COC1CCC(NC(=O)N2CCCC2C(=O)O)C1. The number of nitrogens with zero attached hydrogens (tertiary/aromatic N) is 1. The van der Waals surface area contributed by atoms with Crippen molar-refractivity contribution in [2.45, 2.75) is 50.3 Å². The molecule has 2 fully saturated rings.